The van der Waals surface area contributed by atoms with Crippen LogP contribution in [-0.2, 0) is 10.3 Å². The Morgan fingerprint density at radius 1 is 1.13 bits per heavy atom. The van der Waals surface area contributed by atoms with Crippen molar-refractivity contribution in [1.82, 2.24) is 25.4 Å². The van der Waals surface area contributed by atoms with E-state index in [0.29, 0.717) is 11.6 Å². The number of nitrogens with one attached hydrogen (secondary N) is 2. The van der Waals surface area contributed by atoms with Crippen molar-refractivity contribution in [3.05, 3.63) is 65.7 Å². The molecule has 0 aliphatic heterocycles. The molecule has 0 saturated heterocycles. The third-order valence-electron chi connectivity index (χ3n) is 5.50. The molecule has 31 heavy (non-hydrogen) atoms. The van der Waals surface area contributed by atoms with Crippen LogP contribution < -0.4 is 10.6 Å². The van der Waals surface area contributed by atoms with Crippen LogP contribution in [0.2, 0.25) is 0 Å². The summed E-state index contributed by atoms with van der Waals surface area (Å²) in [5.74, 6) is -0.133. The van der Waals surface area contributed by atoms with Crippen LogP contribution in [0.15, 0.2) is 49.1 Å². The third kappa shape index (κ3) is 4.66. The van der Waals surface area contributed by atoms with Crippen LogP contribution in [0.25, 0.3) is 16.8 Å². The summed E-state index contributed by atoms with van der Waals surface area (Å²) in [6.07, 6.45) is 9.31. The Hall–Kier alpha value is -3.48. The van der Waals surface area contributed by atoms with E-state index in [-0.39, 0.29) is 11.8 Å². The summed E-state index contributed by atoms with van der Waals surface area (Å²) in [5, 5.41) is 10.5. The van der Waals surface area contributed by atoms with Crippen molar-refractivity contribution in [3.8, 4) is 16.8 Å². The van der Waals surface area contributed by atoms with Crippen molar-refractivity contribution in [2.75, 3.05) is 0 Å². The van der Waals surface area contributed by atoms with Crippen molar-refractivity contribution in [3.63, 3.8) is 0 Å². The molecule has 3 aromatic rings. The van der Waals surface area contributed by atoms with Gasteiger partial charge in [0.1, 0.15) is 0 Å². The molecule has 1 fully saturated rings. The summed E-state index contributed by atoms with van der Waals surface area (Å²) in [6, 6.07) is 8.03. The Morgan fingerprint density at radius 3 is 2.61 bits per heavy atom. The van der Waals surface area contributed by atoms with E-state index in [0.717, 1.165) is 40.8 Å². The zero-order valence-electron chi connectivity index (χ0n) is 18.3. The Bertz CT molecular complexity index is 1140. The van der Waals surface area contributed by atoms with Gasteiger partial charge in [-0.1, -0.05) is 6.07 Å². The summed E-state index contributed by atoms with van der Waals surface area (Å²) < 4.78 is 1.76. The highest BCUT2D eigenvalue weighted by molar-refractivity contribution is 5.96. The molecule has 0 unspecified atom stereocenters. The first-order chi connectivity index (χ1) is 14.7. The minimum absolute atomic E-state index is 0.0340. The Morgan fingerprint density at radius 2 is 1.90 bits per heavy atom. The summed E-state index contributed by atoms with van der Waals surface area (Å²) in [5.41, 5.74) is 4.74. The minimum atomic E-state index is -0.551. The fourth-order valence-corrected chi connectivity index (χ4v) is 3.58. The maximum absolute atomic E-state index is 12.5. The van der Waals surface area contributed by atoms with Gasteiger partial charge in [0, 0.05) is 36.5 Å². The highest BCUT2D eigenvalue weighted by atomic mass is 16.2. The first kappa shape index (κ1) is 20.8. The van der Waals surface area contributed by atoms with Crippen LogP contribution in [0.1, 0.15) is 55.1 Å². The third-order valence-corrected chi connectivity index (χ3v) is 5.50. The lowest BCUT2D eigenvalue weighted by Gasteiger charge is -2.26. The number of aryl methyl sites for hydroxylation is 1. The van der Waals surface area contributed by atoms with Gasteiger partial charge in [0.25, 0.3) is 5.91 Å². The lowest BCUT2D eigenvalue weighted by Crippen LogP contribution is -2.39. The number of nitrogens with zero attached hydrogens (tertiary/aromatic N) is 3. The van der Waals surface area contributed by atoms with Gasteiger partial charge < -0.3 is 10.6 Å². The van der Waals surface area contributed by atoms with Crippen LogP contribution in [0.5, 0.6) is 0 Å². The van der Waals surface area contributed by atoms with Gasteiger partial charge in [-0.3, -0.25) is 14.6 Å². The van der Waals surface area contributed by atoms with Crippen LogP contribution in [0.4, 0.5) is 0 Å². The number of pyridine rings is 1. The number of aromatic nitrogens is 3. The van der Waals surface area contributed by atoms with Gasteiger partial charge in [-0.25, -0.2) is 4.68 Å². The monoisotopic (exact) mass is 417 g/mol. The molecule has 0 spiro atoms. The molecule has 7 nitrogen and oxygen atoms in total. The lowest BCUT2D eigenvalue weighted by molar-refractivity contribution is -0.120. The molecule has 0 radical (unpaired) electrons. The van der Waals surface area contributed by atoms with Crippen molar-refractivity contribution in [2.24, 2.45) is 0 Å². The average molecular weight is 418 g/mol. The van der Waals surface area contributed by atoms with Gasteiger partial charge >= 0.3 is 0 Å². The zero-order chi connectivity index (χ0) is 22.2. The summed E-state index contributed by atoms with van der Waals surface area (Å²) in [6.45, 7) is 7.39. The van der Waals surface area contributed by atoms with Crippen molar-refractivity contribution < 1.29 is 9.59 Å². The van der Waals surface area contributed by atoms with Gasteiger partial charge in [0.15, 0.2) is 0 Å². The van der Waals surface area contributed by atoms with E-state index in [4.69, 9.17) is 0 Å². The Labute approximate surface area is 181 Å². The number of hydrogen-bond acceptors (Lipinski definition) is 4. The fraction of sp³-hybridized carbons (Fsp3) is 0.333. The van der Waals surface area contributed by atoms with Gasteiger partial charge in [-0.15, -0.1) is 0 Å². The molecule has 4 rings (SSSR count). The highest BCUT2D eigenvalue weighted by Crippen LogP contribution is 2.27. The van der Waals surface area contributed by atoms with Gasteiger partial charge in [-0.05, 0) is 68.5 Å². The van der Waals surface area contributed by atoms with Crippen LogP contribution in [0.3, 0.4) is 0 Å². The summed E-state index contributed by atoms with van der Waals surface area (Å²) >= 11 is 0. The Balaban J connectivity index is 1.62. The van der Waals surface area contributed by atoms with E-state index >= 15 is 0 Å². The van der Waals surface area contributed by atoms with E-state index in [9.17, 15) is 9.59 Å². The molecule has 2 heterocycles. The van der Waals surface area contributed by atoms with E-state index in [1.165, 1.54) is 6.92 Å². The van der Waals surface area contributed by atoms with Crippen molar-refractivity contribution in [1.29, 1.82) is 0 Å². The average Bonchev–Trinajstić information content (AvgIpc) is 3.39. The molecule has 1 aliphatic rings. The normalized spacial score (nSPS) is 13.7. The predicted molar refractivity (Wildman–Crippen MR) is 119 cm³/mol. The number of amides is 2. The minimum Gasteiger partial charge on any atom is -0.349 e. The number of carbonyl (C=O) groups excluding carboxylic acids is 2. The zero-order valence-corrected chi connectivity index (χ0v) is 18.3. The highest BCUT2D eigenvalue weighted by Gasteiger charge is 2.24. The standard InChI is InChI=1S/C24H27N5O2/c1-15-5-6-17(23(31)27-20-7-8-20)9-22(15)18-11-26-29(14-18)21-10-19(12-25-13-21)24(3,4)28-16(2)30/h5-6,9-14,20H,7-8H2,1-4H3,(H,27,31)(H,28,30). The van der Waals surface area contributed by atoms with Crippen LogP contribution in [0, 0.1) is 6.92 Å². The van der Waals surface area contributed by atoms with Gasteiger partial charge in [0.2, 0.25) is 5.91 Å². The fourth-order valence-electron chi connectivity index (χ4n) is 3.58. The molecule has 0 atom stereocenters. The SMILES string of the molecule is CC(=O)NC(C)(C)c1cncc(-n2cc(-c3cc(C(=O)NC4CC4)ccc3C)cn2)c1. The number of hydrogen-bond donors (Lipinski definition) is 2. The summed E-state index contributed by atoms with van der Waals surface area (Å²) in [4.78, 5) is 28.3. The molecule has 1 saturated carbocycles. The van der Waals surface area contributed by atoms with Gasteiger partial charge in [0.05, 0.1) is 23.6 Å². The molecule has 160 valence electrons. The smallest absolute Gasteiger partial charge is 0.251 e. The molecule has 1 aromatic carbocycles. The number of rotatable bonds is 6. The molecule has 2 N–H and O–H groups in total. The topological polar surface area (TPSA) is 88.9 Å². The summed E-state index contributed by atoms with van der Waals surface area (Å²) in [7, 11) is 0. The van der Waals surface area contributed by atoms with E-state index in [2.05, 4.69) is 20.7 Å². The molecule has 1 aliphatic carbocycles. The molecule has 2 aromatic heterocycles. The van der Waals surface area contributed by atoms with Crippen molar-refractivity contribution in [2.45, 2.75) is 52.1 Å². The first-order valence-electron chi connectivity index (χ1n) is 10.4. The quantitative estimate of drug-likeness (QED) is 0.642. The van der Waals surface area contributed by atoms with Crippen molar-refractivity contribution >= 4 is 11.8 Å². The number of benzene rings is 1. The Kier molecular flexibility index (Phi) is 5.35. The lowest BCUT2D eigenvalue weighted by atomic mass is 9.95. The maximum atomic E-state index is 12.5. The second-order valence-electron chi connectivity index (χ2n) is 8.69. The van der Waals surface area contributed by atoms with E-state index in [1.54, 1.807) is 23.3 Å². The number of carbonyl (C=O) groups is 2. The predicted octanol–water partition coefficient (Wildman–Crippen LogP) is 3.51. The first-order valence-corrected chi connectivity index (χ1v) is 10.4. The van der Waals surface area contributed by atoms with Gasteiger partial charge in [-0.2, -0.15) is 5.10 Å². The molecule has 2 amide bonds. The van der Waals surface area contributed by atoms with E-state index < -0.39 is 5.54 Å². The second kappa shape index (κ2) is 7.98. The van der Waals surface area contributed by atoms with E-state index in [1.807, 2.05) is 51.2 Å². The molecule has 0 bridgehead atoms. The van der Waals surface area contributed by atoms with Crippen LogP contribution in [-0.4, -0.2) is 32.6 Å². The molecular formula is C24H27N5O2. The molecule has 7 heteroatoms. The second-order valence-corrected chi connectivity index (χ2v) is 8.69. The largest absolute Gasteiger partial charge is 0.349 e. The maximum Gasteiger partial charge on any atom is 0.251 e. The van der Waals surface area contributed by atoms with Crippen LogP contribution >= 0.6 is 0 Å². The molecular weight excluding hydrogens is 390 g/mol.